The lowest BCUT2D eigenvalue weighted by atomic mass is 10.2. The van der Waals surface area contributed by atoms with Crippen LogP contribution in [0.1, 0.15) is 12.0 Å². The van der Waals surface area contributed by atoms with Crippen LogP contribution in [0, 0.1) is 0 Å². The van der Waals surface area contributed by atoms with Crippen LogP contribution in [-0.4, -0.2) is 18.6 Å². The Morgan fingerprint density at radius 3 is 2.50 bits per heavy atom. The first kappa shape index (κ1) is 15.6. The molecule has 0 N–H and O–H groups in total. The molecule has 0 radical (unpaired) electrons. The Labute approximate surface area is 122 Å². The minimum absolute atomic E-state index is 0.277. The third-order valence-corrected chi connectivity index (χ3v) is 4.68. The third kappa shape index (κ3) is 7.77. The largest absolute Gasteiger partial charge is 0.463 e. The monoisotopic (exact) mass is 322 g/mol. The quantitative estimate of drug-likeness (QED) is 0.257. The van der Waals surface area contributed by atoms with Crippen LogP contribution in [-0.2, 0) is 9.53 Å². The number of esters is 1. The SMILES string of the molecule is O=C(C=Cc1ccccc1)OCCC[Si](Cl)(Cl)Cl. The van der Waals surface area contributed by atoms with Gasteiger partial charge >= 0.3 is 12.0 Å². The average Bonchev–Trinajstić information content (AvgIpc) is 2.32. The van der Waals surface area contributed by atoms with Crippen LogP contribution in [0.5, 0.6) is 0 Å². The van der Waals surface area contributed by atoms with Crippen LogP contribution < -0.4 is 0 Å². The van der Waals surface area contributed by atoms with Gasteiger partial charge in [-0.05, 0) is 24.1 Å². The highest BCUT2D eigenvalue weighted by Gasteiger charge is 2.23. The number of halogens is 3. The summed E-state index contributed by atoms with van der Waals surface area (Å²) in [4.78, 5) is 11.3. The molecule has 0 unspecified atom stereocenters. The summed E-state index contributed by atoms with van der Waals surface area (Å²) >= 11 is 17.1. The lowest BCUT2D eigenvalue weighted by Crippen LogP contribution is -2.11. The van der Waals surface area contributed by atoms with Crippen molar-refractivity contribution < 1.29 is 9.53 Å². The fraction of sp³-hybridized carbons (Fsp3) is 0.250. The number of hydrogen-bond donors (Lipinski definition) is 0. The van der Waals surface area contributed by atoms with Crippen molar-refractivity contribution in [3.05, 3.63) is 42.0 Å². The van der Waals surface area contributed by atoms with Crippen LogP contribution in [0.2, 0.25) is 6.04 Å². The summed E-state index contributed by atoms with van der Waals surface area (Å²) in [7, 11) is 0. The number of carbonyl (C=O) groups excluding carboxylic acids is 1. The van der Waals surface area contributed by atoms with Gasteiger partial charge in [-0.3, -0.25) is 0 Å². The Morgan fingerprint density at radius 2 is 1.89 bits per heavy atom. The molecule has 0 atom stereocenters. The van der Waals surface area contributed by atoms with E-state index in [0.29, 0.717) is 12.5 Å². The smallest absolute Gasteiger partial charge is 0.341 e. The lowest BCUT2D eigenvalue weighted by Gasteiger charge is -2.06. The van der Waals surface area contributed by atoms with Gasteiger partial charge in [-0.15, -0.1) is 33.2 Å². The fourth-order valence-corrected chi connectivity index (χ4v) is 2.97. The van der Waals surface area contributed by atoms with E-state index in [2.05, 4.69) is 0 Å². The summed E-state index contributed by atoms with van der Waals surface area (Å²) in [5, 5.41) is 0. The second-order valence-electron chi connectivity index (χ2n) is 3.63. The average molecular weight is 324 g/mol. The summed E-state index contributed by atoms with van der Waals surface area (Å²) < 4.78 is 4.98. The van der Waals surface area contributed by atoms with Gasteiger partial charge in [-0.2, -0.15) is 0 Å². The van der Waals surface area contributed by atoms with Crippen LogP contribution in [0.3, 0.4) is 0 Å². The second kappa shape index (κ2) is 7.84. The van der Waals surface area contributed by atoms with Crippen LogP contribution >= 0.6 is 33.2 Å². The molecule has 2 nitrogen and oxygen atoms in total. The highest BCUT2D eigenvalue weighted by Crippen LogP contribution is 2.26. The van der Waals surface area contributed by atoms with Gasteiger partial charge in [0, 0.05) is 6.08 Å². The van der Waals surface area contributed by atoms with Crippen molar-refractivity contribution in [2.45, 2.75) is 12.5 Å². The van der Waals surface area contributed by atoms with Crippen molar-refractivity contribution in [3.8, 4) is 0 Å². The van der Waals surface area contributed by atoms with Crippen molar-refractivity contribution in [2.75, 3.05) is 6.61 Å². The van der Waals surface area contributed by atoms with E-state index in [1.165, 1.54) is 6.08 Å². The number of hydrogen-bond acceptors (Lipinski definition) is 2. The number of benzene rings is 1. The predicted octanol–water partition coefficient (Wildman–Crippen LogP) is 4.29. The zero-order valence-electron chi connectivity index (χ0n) is 9.61. The zero-order valence-corrected chi connectivity index (χ0v) is 12.9. The highest BCUT2D eigenvalue weighted by atomic mass is 35.8. The van der Waals surface area contributed by atoms with Gasteiger partial charge in [0.15, 0.2) is 0 Å². The topological polar surface area (TPSA) is 26.3 Å². The maximum atomic E-state index is 11.3. The summed E-state index contributed by atoms with van der Waals surface area (Å²) in [6.07, 6.45) is 3.67. The van der Waals surface area contributed by atoms with Gasteiger partial charge < -0.3 is 4.74 Å². The normalized spacial score (nSPS) is 11.7. The first-order valence-corrected chi connectivity index (χ1v) is 10.7. The van der Waals surface area contributed by atoms with Gasteiger partial charge in [-0.1, -0.05) is 30.3 Å². The summed E-state index contributed by atoms with van der Waals surface area (Å²) in [6, 6.07) is 7.41. The standard InChI is InChI=1S/C12H13Cl3O2Si/c13-18(14,15)10-4-9-17-12(16)8-7-11-5-2-1-3-6-11/h1-3,5-8H,4,9-10H2. The molecule has 0 bridgehead atoms. The van der Waals surface area contributed by atoms with Crippen molar-refractivity contribution in [1.82, 2.24) is 0 Å². The minimum Gasteiger partial charge on any atom is -0.463 e. The number of rotatable bonds is 6. The van der Waals surface area contributed by atoms with Crippen molar-refractivity contribution in [2.24, 2.45) is 0 Å². The molecule has 1 aromatic carbocycles. The fourth-order valence-electron chi connectivity index (χ4n) is 1.22. The van der Waals surface area contributed by atoms with Crippen molar-refractivity contribution in [1.29, 1.82) is 0 Å². The van der Waals surface area contributed by atoms with E-state index in [-0.39, 0.29) is 12.6 Å². The molecule has 0 spiro atoms. The Morgan fingerprint density at radius 1 is 1.22 bits per heavy atom. The molecule has 0 aliphatic heterocycles. The van der Waals surface area contributed by atoms with Gasteiger partial charge in [-0.25, -0.2) is 4.79 Å². The molecule has 98 valence electrons. The molecule has 1 aromatic rings. The van der Waals surface area contributed by atoms with Gasteiger partial charge in [0.1, 0.15) is 0 Å². The third-order valence-electron chi connectivity index (χ3n) is 2.06. The van der Waals surface area contributed by atoms with E-state index in [1.807, 2.05) is 30.3 Å². The molecule has 0 saturated heterocycles. The molecular weight excluding hydrogens is 311 g/mol. The minimum atomic E-state index is -2.59. The summed E-state index contributed by atoms with van der Waals surface area (Å²) in [5.41, 5.74) is 0.947. The Hall–Kier alpha value is -0.483. The summed E-state index contributed by atoms with van der Waals surface area (Å²) in [6.45, 7) is 0.277. The Bertz CT molecular complexity index is 402. The van der Waals surface area contributed by atoms with Crippen molar-refractivity contribution >= 4 is 51.3 Å². The van der Waals surface area contributed by atoms with E-state index >= 15 is 0 Å². The predicted molar refractivity (Wildman–Crippen MR) is 79.2 cm³/mol. The molecule has 0 aliphatic carbocycles. The number of ether oxygens (including phenoxy) is 1. The first-order valence-electron chi connectivity index (χ1n) is 5.44. The molecule has 6 heteroatoms. The molecule has 0 aliphatic rings. The van der Waals surface area contributed by atoms with Gasteiger partial charge in [0.25, 0.3) is 0 Å². The highest BCUT2D eigenvalue weighted by molar-refractivity contribution is 7.64. The summed E-state index contributed by atoms with van der Waals surface area (Å²) in [5.74, 6) is -0.384. The van der Waals surface area contributed by atoms with E-state index in [4.69, 9.17) is 38.0 Å². The molecule has 0 saturated carbocycles. The van der Waals surface area contributed by atoms with Gasteiger partial charge in [0.05, 0.1) is 6.61 Å². The maximum Gasteiger partial charge on any atom is 0.341 e. The van der Waals surface area contributed by atoms with Gasteiger partial charge in [0.2, 0.25) is 0 Å². The van der Waals surface area contributed by atoms with E-state index in [9.17, 15) is 4.79 Å². The Balaban J connectivity index is 2.24. The zero-order chi connectivity index (χ0) is 13.4. The second-order valence-corrected chi connectivity index (χ2v) is 12.9. The van der Waals surface area contributed by atoms with Crippen LogP contribution in [0.15, 0.2) is 36.4 Å². The molecule has 0 aromatic heterocycles. The molecule has 1 rings (SSSR count). The first-order chi connectivity index (χ1) is 8.47. The molecule has 0 heterocycles. The van der Waals surface area contributed by atoms with Crippen LogP contribution in [0.4, 0.5) is 0 Å². The van der Waals surface area contributed by atoms with Crippen molar-refractivity contribution in [3.63, 3.8) is 0 Å². The lowest BCUT2D eigenvalue weighted by molar-refractivity contribution is -0.137. The molecular formula is C12H13Cl3O2Si. The maximum absolute atomic E-state index is 11.3. The van der Waals surface area contributed by atoms with E-state index in [0.717, 1.165) is 5.56 Å². The van der Waals surface area contributed by atoms with E-state index in [1.54, 1.807) is 6.08 Å². The molecule has 0 amide bonds. The molecule has 0 fully saturated rings. The van der Waals surface area contributed by atoms with Crippen LogP contribution in [0.25, 0.3) is 6.08 Å². The number of carbonyl (C=O) groups is 1. The van der Waals surface area contributed by atoms with E-state index < -0.39 is 6.00 Å². The Kier molecular flexibility index (Phi) is 6.79. The molecule has 18 heavy (non-hydrogen) atoms.